The lowest BCUT2D eigenvalue weighted by Gasteiger charge is -2.10. The van der Waals surface area contributed by atoms with Crippen LogP contribution in [0.3, 0.4) is 0 Å². The van der Waals surface area contributed by atoms with Crippen molar-refractivity contribution in [3.8, 4) is 0 Å². The zero-order chi connectivity index (χ0) is 16.8. The van der Waals surface area contributed by atoms with E-state index in [1.54, 1.807) is 0 Å². The van der Waals surface area contributed by atoms with Crippen LogP contribution in [0.2, 0.25) is 0 Å². The minimum absolute atomic E-state index is 1.05. The van der Waals surface area contributed by atoms with E-state index in [1.165, 1.54) is 31.6 Å². The highest BCUT2D eigenvalue weighted by molar-refractivity contribution is 7.99. The molecule has 0 atom stereocenters. The highest BCUT2D eigenvalue weighted by atomic mass is 32.2. The minimum atomic E-state index is 1.05. The molecule has 3 heteroatoms. The van der Waals surface area contributed by atoms with Gasteiger partial charge < -0.3 is 4.57 Å². The highest BCUT2D eigenvalue weighted by Gasteiger charge is 2.17. The third-order valence-electron chi connectivity index (χ3n) is 4.64. The van der Waals surface area contributed by atoms with E-state index in [1.807, 2.05) is 11.8 Å². The minimum Gasteiger partial charge on any atom is -0.341 e. The van der Waals surface area contributed by atoms with E-state index < -0.39 is 0 Å². The predicted molar refractivity (Wildman–Crippen MR) is 106 cm³/mol. The standard InChI is InChI=1S/C22H16N2S/c1-24-19-14-8-6-12-17(19)20-21(24)22(25-15-9-3-2-4-10-15)16-11-5-7-13-18(16)23-20/h2-14H,1H3. The molecule has 0 spiro atoms. The van der Waals surface area contributed by atoms with Gasteiger partial charge in [-0.25, -0.2) is 4.98 Å². The van der Waals surface area contributed by atoms with Crippen LogP contribution >= 0.6 is 11.8 Å². The number of rotatable bonds is 2. The van der Waals surface area contributed by atoms with Gasteiger partial charge in [-0.1, -0.05) is 66.4 Å². The Kier molecular flexibility index (Phi) is 3.28. The SMILES string of the molecule is Cn1c2ccccc2c2nc3ccccc3c(Sc3ccccc3)c21. The monoisotopic (exact) mass is 340 g/mol. The lowest BCUT2D eigenvalue weighted by Crippen LogP contribution is -1.92. The second-order valence-electron chi connectivity index (χ2n) is 6.15. The fraction of sp³-hybridized carbons (Fsp3) is 0.0455. The van der Waals surface area contributed by atoms with E-state index >= 15 is 0 Å². The van der Waals surface area contributed by atoms with Crippen LogP contribution in [0.5, 0.6) is 0 Å². The Labute approximate surface area is 150 Å². The van der Waals surface area contributed by atoms with Gasteiger partial charge in [-0.2, -0.15) is 0 Å². The molecule has 0 aliphatic carbocycles. The van der Waals surface area contributed by atoms with Crippen LogP contribution in [0.25, 0.3) is 32.8 Å². The van der Waals surface area contributed by atoms with Crippen molar-refractivity contribution in [3.63, 3.8) is 0 Å². The molecule has 0 saturated heterocycles. The Morgan fingerprint density at radius 2 is 1.44 bits per heavy atom. The zero-order valence-electron chi connectivity index (χ0n) is 13.8. The quantitative estimate of drug-likeness (QED) is 0.390. The number of benzene rings is 3. The molecule has 0 radical (unpaired) electrons. The number of nitrogens with zero attached hydrogens (tertiary/aromatic N) is 2. The molecule has 2 nitrogen and oxygen atoms in total. The summed E-state index contributed by atoms with van der Waals surface area (Å²) >= 11 is 1.82. The van der Waals surface area contributed by atoms with E-state index in [2.05, 4.69) is 90.5 Å². The van der Waals surface area contributed by atoms with Crippen LogP contribution in [-0.4, -0.2) is 9.55 Å². The molecular formula is C22H16N2S. The van der Waals surface area contributed by atoms with Gasteiger partial charge >= 0.3 is 0 Å². The van der Waals surface area contributed by atoms with Crippen molar-refractivity contribution >= 4 is 44.6 Å². The van der Waals surface area contributed by atoms with Crippen molar-refractivity contribution in [2.45, 2.75) is 9.79 Å². The summed E-state index contributed by atoms with van der Waals surface area (Å²) in [6.07, 6.45) is 0. The van der Waals surface area contributed by atoms with Gasteiger partial charge in [0.1, 0.15) is 0 Å². The molecule has 0 fully saturated rings. The molecule has 120 valence electrons. The summed E-state index contributed by atoms with van der Waals surface area (Å²) in [4.78, 5) is 7.50. The van der Waals surface area contributed by atoms with Gasteiger partial charge in [0.05, 0.1) is 22.1 Å². The van der Waals surface area contributed by atoms with Gasteiger partial charge in [0, 0.05) is 27.6 Å². The van der Waals surface area contributed by atoms with E-state index in [9.17, 15) is 0 Å². The van der Waals surface area contributed by atoms with Crippen LogP contribution in [0.15, 0.2) is 88.7 Å². The molecule has 0 aliphatic heterocycles. The number of pyridine rings is 1. The van der Waals surface area contributed by atoms with Crippen molar-refractivity contribution < 1.29 is 0 Å². The van der Waals surface area contributed by atoms with Crippen molar-refractivity contribution in [2.75, 3.05) is 0 Å². The van der Waals surface area contributed by atoms with Crippen LogP contribution in [0.1, 0.15) is 0 Å². The smallest absolute Gasteiger partial charge is 0.0979 e. The van der Waals surface area contributed by atoms with Crippen LogP contribution in [0, 0.1) is 0 Å². The van der Waals surface area contributed by atoms with Gasteiger partial charge in [-0.05, 0) is 24.3 Å². The summed E-state index contributed by atoms with van der Waals surface area (Å²) in [7, 11) is 2.14. The van der Waals surface area contributed by atoms with E-state index in [4.69, 9.17) is 4.98 Å². The fourth-order valence-electron chi connectivity index (χ4n) is 3.47. The lowest BCUT2D eigenvalue weighted by molar-refractivity contribution is 1.00. The number of aryl methyl sites for hydroxylation is 1. The molecular weight excluding hydrogens is 324 g/mol. The van der Waals surface area contributed by atoms with E-state index in [0.29, 0.717) is 0 Å². The second kappa shape index (κ2) is 5.64. The lowest BCUT2D eigenvalue weighted by atomic mass is 10.2. The number of fused-ring (bicyclic) bond motifs is 4. The molecule has 0 bridgehead atoms. The number of para-hydroxylation sites is 2. The first-order chi connectivity index (χ1) is 12.3. The van der Waals surface area contributed by atoms with Crippen molar-refractivity contribution in [3.05, 3.63) is 78.9 Å². The van der Waals surface area contributed by atoms with Gasteiger partial charge in [-0.15, -0.1) is 0 Å². The number of hydrogen-bond donors (Lipinski definition) is 0. The summed E-state index contributed by atoms with van der Waals surface area (Å²) in [6, 6.07) is 27.5. The molecule has 25 heavy (non-hydrogen) atoms. The zero-order valence-corrected chi connectivity index (χ0v) is 14.6. The molecule has 3 aromatic carbocycles. The summed E-state index contributed by atoms with van der Waals surface area (Å²) in [5.41, 5.74) is 4.55. The topological polar surface area (TPSA) is 17.8 Å². The summed E-state index contributed by atoms with van der Waals surface area (Å²) < 4.78 is 2.27. The predicted octanol–water partition coefficient (Wildman–Crippen LogP) is 6.03. The molecule has 2 aromatic heterocycles. The first-order valence-corrected chi connectivity index (χ1v) is 9.13. The normalized spacial score (nSPS) is 11.6. The Bertz CT molecular complexity index is 1220. The van der Waals surface area contributed by atoms with E-state index in [-0.39, 0.29) is 0 Å². The number of aromatic nitrogens is 2. The largest absolute Gasteiger partial charge is 0.341 e. The maximum absolute atomic E-state index is 4.99. The van der Waals surface area contributed by atoms with Gasteiger partial charge in [0.15, 0.2) is 0 Å². The van der Waals surface area contributed by atoms with Crippen LogP contribution in [0.4, 0.5) is 0 Å². The Morgan fingerprint density at radius 3 is 2.28 bits per heavy atom. The van der Waals surface area contributed by atoms with Gasteiger partial charge in [0.2, 0.25) is 0 Å². The Hall–Kier alpha value is -2.78. The van der Waals surface area contributed by atoms with Crippen LogP contribution in [-0.2, 0) is 7.05 Å². The van der Waals surface area contributed by atoms with Crippen molar-refractivity contribution in [2.24, 2.45) is 7.05 Å². The van der Waals surface area contributed by atoms with Crippen LogP contribution < -0.4 is 0 Å². The molecule has 0 N–H and O–H groups in total. The third-order valence-corrected chi connectivity index (χ3v) is 5.76. The average molecular weight is 340 g/mol. The summed E-state index contributed by atoms with van der Waals surface area (Å²) in [5, 5.41) is 2.41. The Balaban J connectivity index is 1.94. The Morgan fingerprint density at radius 1 is 0.760 bits per heavy atom. The van der Waals surface area contributed by atoms with E-state index in [0.717, 1.165) is 11.0 Å². The molecule has 0 saturated carbocycles. The first kappa shape index (κ1) is 14.6. The highest BCUT2D eigenvalue weighted by Crippen LogP contribution is 2.41. The second-order valence-corrected chi connectivity index (χ2v) is 7.23. The molecule has 5 aromatic rings. The summed E-state index contributed by atoms with van der Waals surface area (Å²) in [6.45, 7) is 0. The number of hydrogen-bond acceptors (Lipinski definition) is 2. The van der Waals surface area contributed by atoms with Crippen molar-refractivity contribution in [1.82, 2.24) is 9.55 Å². The molecule has 0 unspecified atom stereocenters. The van der Waals surface area contributed by atoms with Gasteiger partial charge in [-0.3, -0.25) is 0 Å². The average Bonchev–Trinajstić information content (AvgIpc) is 2.95. The molecule has 0 aliphatic rings. The molecule has 5 rings (SSSR count). The molecule has 2 heterocycles. The fourth-order valence-corrected chi connectivity index (χ4v) is 4.61. The maximum atomic E-state index is 4.99. The maximum Gasteiger partial charge on any atom is 0.0979 e. The van der Waals surface area contributed by atoms with Crippen molar-refractivity contribution in [1.29, 1.82) is 0 Å². The third kappa shape index (κ3) is 2.24. The first-order valence-electron chi connectivity index (χ1n) is 8.32. The summed E-state index contributed by atoms with van der Waals surface area (Å²) in [5.74, 6) is 0. The molecule has 0 amide bonds. The van der Waals surface area contributed by atoms with Gasteiger partial charge in [0.25, 0.3) is 0 Å².